The number of thiophene rings is 1. The van der Waals surface area contributed by atoms with Gasteiger partial charge in [0.15, 0.2) is 0 Å². The molecule has 0 radical (unpaired) electrons. The summed E-state index contributed by atoms with van der Waals surface area (Å²) in [6.07, 6.45) is 0. The number of halogens is 1. The number of nitrogens with one attached hydrogen (secondary N) is 1. The lowest BCUT2D eigenvalue weighted by Crippen LogP contribution is -2.21. The molecule has 0 aliphatic heterocycles. The molecule has 1 heterocycles. The summed E-state index contributed by atoms with van der Waals surface area (Å²) in [5.41, 5.74) is 2.32. The minimum absolute atomic E-state index is 0.802. The molecule has 1 aromatic carbocycles. The van der Waals surface area contributed by atoms with E-state index in [2.05, 4.69) is 52.9 Å². The van der Waals surface area contributed by atoms with Gasteiger partial charge >= 0.3 is 0 Å². The molecule has 0 aliphatic carbocycles. The monoisotopic (exact) mass is 294 g/mol. The molecule has 0 aliphatic rings. The van der Waals surface area contributed by atoms with E-state index in [1.54, 1.807) is 11.3 Å². The molecule has 4 heteroatoms. The molecule has 0 saturated carbocycles. The summed E-state index contributed by atoms with van der Waals surface area (Å²) in [4.78, 5) is 3.71. The fourth-order valence-electron chi connectivity index (χ4n) is 2.04. The minimum Gasteiger partial charge on any atom is -0.367 e. The molecule has 1 aromatic heterocycles. The third kappa shape index (κ3) is 3.72. The fraction of sp³-hybridized carbons (Fsp3) is 0.333. The van der Waals surface area contributed by atoms with Gasteiger partial charge in [0.25, 0.3) is 0 Å². The van der Waals surface area contributed by atoms with Gasteiger partial charge in [-0.25, -0.2) is 0 Å². The number of benzene rings is 1. The Morgan fingerprint density at radius 3 is 2.74 bits per heavy atom. The van der Waals surface area contributed by atoms with Crippen LogP contribution in [0.1, 0.15) is 17.4 Å². The second kappa shape index (κ2) is 6.94. The van der Waals surface area contributed by atoms with Crippen molar-refractivity contribution in [3.63, 3.8) is 0 Å². The molecular weight excluding hydrogens is 276 g/mol. The minimum atomic E-state index is 0.802. The topological polar surface area (TPSA) is 15.3 Å². The molecule has 0 atom stereocenters. The molecule has 0 amide bonds. The van der Waals surface area contributed by atoms with Gasteiger partial charge in [-0.05, 0) is 43.1 Å². The molecule has 19 heavy (non-hydrogen) atoms. The molecule has 0 unspecified atom stereocenters. The summed E-state index contributed by atoms with van der Waals surface area (Å²) >= 11 is 8.12. The van der Waals surface area contributed by atoms with Gasteiger partial charge in [-0.2, -0.15) is 0 Å². The van der Waals surface area contributed by atoms with Crippen LogP contribution in [-0.2, 0) is 13.1 Å². The Morgan fingerprint density at radius 1 is 1.32 bits per heavy atom. The fourth-order valence-corrected chi connectivity index (χ4v) is 3.00. The van der Waals surface area contributed by atoms with Crippen LogP contribution < -0.4 is 10.2 Å². The molecule has 2 rings (SSSR count). The number of hydrogen-bond acceptors (Lipinski definition) is 3. The number of hydrogen-bond donors (Lipinski definition) is 1. The highest BCUT2D eigenvalue weighted by Gasteiger charge is 2.08. The van der Waals surface area contributed by atoms with E-state index < -0.39 is 0 Å². The Bertz CT molecular complexity index is 511. The average molecular weight is 295 g/mol. The SMILES string of the molecule is CCN(Cc1cccs1)c1ccc(CNC)c(Cl)c1. The lowest BCUT2D eigenvalue weighted by Gasteiger charge is -2.23. The normalized spacial score (nSPS) is 10.7. The maximum atomic E-state index is 6.33. The number of rotatable bonds is 6. The third-order valence-corrected chi connectivity index (χ3v) is 4.29. The molecule has 0 spiro atoms. The van der Waals surface area contributed by atoms with Crippen LogP contribution in [0.5, 0.6) is 0 Å². The van der Waals surface area contributed by atoms with Crippen LogP contribution in [0.3, 0.4) is 0 Å². The number of anilines is 1. The highest BCUT2D eigenvalue weighted by molar-refractivity contribution is 7.09. The average Bonchev–Trinajstić information content (AvgIpc) is 2.91. The van der Waals surface area contributed by atoms with E-state index in [0.29, 0.717) is 0 Å². The van der Waals surface area contributed by atoms with E-state index in [-0.39, 0.29) is 0 Å². The Kier molecular flexibility index (Phi) is 5.25. The zero-order chi connectivity index (χ0) is 13.7. The first-order valence-electron chi connectivity index (χ1n) is 6.45. The van der Waals surface area contributed by atoms with Crippen molar-refractivity contribution in [2.24, 2.45) is 0 Å². The summed E-state index contributed by atoms with van der Waals surface area (Å²) in [7, 11) is 1.93. The van der Waals surface area contributed by atoms with E-state index in [1.165, 1.54) is 10.6 Å². The first-order chi connectivity index (χ1) is 9.24. The van der Waals surface area contributed by atoms with Crippen molar-refractivity contribution < 1.29 is 0 Å². The smallest absolute Gasteiger partial charge is 0.0522 e. The Hall–Kier alpha value is -1.03. The highest BCUT2D eigenvalue weighted by atomic mass is 35.5. The van der Waals surface area contributed by atoms with E-state index in [0.717, 1.165) is 30.2 Å². The second-order valence-corrected chi connectivity index (χ2v) is 5.84. The first-order valence-corrected chi connectivity index (χ1v) is 7.70. The van der Waals surface area contributed by atoms with Crippen LogP contribution in [0.15, 0.2) is 35.7 Å². The molecular formula is C15H19ClN2S. The van der Waals surface area contributed by atoms with Crippen LogP contribution in [0, 0.1) is 0 Å². The van der Waals surface area contributed by atoms with Crippen molar-refractivity contribution in [2.75, 3.05) is 18.5 Å². The summed E-state index contributed by atoms with van der Waals surface area (Å²) < 4.78 is 0. The van der Waals surface area contributed by atoms with Gasteiger partial charge in [0.05, 0.1) is 6.54 Å². The van der Waals surface area contributed by atoms with E-state index in [1.807, 2.05) is 7.05 Å². The van der Waals surface area contributed by atoms with Crippen LogP contribution >= 0.6 is 22.9 Å². The standard InChI is InChI=1S/C15H19ClN2S/c1-3-18(11-14-5-4-8-19-14)13-7-6-12(10-17-2)15(16)9-13/h4-9,17H,3,10-11H2,1-2H3. The van der Waals surface area contributed by atoms with E-state index in [4.69, 9.17) is 11.6 Å². The van der Waals surface area contributed by atoms with Gasteiger partial charge in [-0.3, -0.25) is 0 Å². The lowest BCUT2D eigenvalue weighted by atomic mass is 10.2. The van der Waals surface area contributed by atoms with Gasteiger partial charge in [0.1, 0.15) is 0 Å². The molecule has 2 aromatic rings. The van der Waals surface area contributed by atoms with Crippen molar-refractivity contribution in [1.29, 1.82) is 0 Å². The summed E-state index contributed by atoms with van der Waals surface area (Å²) in [5, 5.41) is 6.07. The summed E-state index contributed by atoms with van der Waals surface area (Å²) in [6.45, 7) is 4.88. The zero-order valence-corrected chi connectivity index (χ0v) is 12.9. The predicted molar refractivity (Wildman–Crippen MR) is 85.3 cm³/mol. The third-order valence-electron chi connectivity index (χ3n) is 3.08. The van der Waals surface area contributed by atoms with Gasteiger partial charge < -0.3 is 10.2 Å². The maximum Gasteiger partial charge on any atom is 0.0522 e. The van der Waals surface area contributed by atoms with Crippen molar-refractivity contribution in [3.8, 4) is 0 Å². The summed E-state index contributed by atoms with van der Waals surface area (Å²) in [6, 6.07) is 10.6. The van der Waals surface area contributed by atoms with E-state index in [9.17, 15) is 0 Å². The van der Waals surface area contributed by atoms with Gasteiger partial charge in [-0.15, -0.1) is 11.3 Å². The van der Waals surface area contributed by atoms with Crippen molar-refractivity contribution in [3.05, 3.63) is 51.2 Å². The van der Waals surface area contributed by atoms with Crippen molar-refractivity contribution in [1.82, 2.24) is 5.32 Å². The van der Waals surface area contributed by atoms with Gasteiger partial charge in [0.2, 0.25) is 0 Å². The molecule has 2 nitrogen and oxygen atoms in total. The van der Waals surface area contributed by atoms with Crippen LogP contribution in [0.2, 0.25) is 5.02 Å². The predicted octanol–water partition coefficient (Wildman–Crippen LogP) is 4.15. The van der Waals surface area contributed by atoms with Crippen molar-refractivity contribution >= 4 is 28.6 Å². The second-order valence-electron chi connectivity index (χ2n) is 4.40. The zero-order valence-electron chi connectivity index (χ0n) is 11.3. The molecule has 0 fully saturated rings. The van der Waals surface area contributed by atoms with Gasteiger partial charge in [0, 0.05) is 28.7 Å². The van der Waals surface area contributed by atoms with E-state index >= 15 is 0 Å². The lowest BCUT2D eigenvalue weighted by molar-refractivity contribution is 0.814. The van der Waals surface area contributed by atoms with Crippen LogP contribution in [0.25, 0.3) is 0 Å². The quantitative estimate of drug-likeness (QED) is 0.861. The largest absolute Gasteiger partial charge is 0.367 e. The Labute approximate surface area is 124 Å². The Morgan fingerprint density at radius 2 is 2.16 bits per heavy atom. The maximum absolute atomic E-state index is 6.33. The summed E-state index contributed by atoms with van der Waals surface area (Å²) in [5.74, 6) is 0. The highest BCUT2D eigenvalue weighted by Crippen LogP contribution is 2.25. The van der Waals surface area contributed by atoms with Crippen LogP contribution in [0.4, 0.5) is 5.69 Å². The van der Waals surface area contributed by atoms with Crippen molar-refractivity contribution in [2.45, 2.75) is 20.0 Å². The molecule has 1 N–H and O–H groups in total. The molecule has 102 valence electrons. The number of nitrogens with zero attached hydrogens (tertiary/aromatic N) is 1. The Balaban J connectivity index is 2.16. The molecule has 0 saturated heterocycles. The first kappa shape index (κ1) is 14.4. The molecule has 0 bridgehead atoms. The van der Waals surface area contributed by atoms with Crippen LogP contribution in [-0.4, -0.2) is 13.6 Å². The van der Waals surface area contributed by atoms with Gasteiger partial charge in [-0.1, -0.05) is 23.7 Å².